The molecule has 3 heterocycles. The van der Waals surface area contributed by atoms with E-state index in [1.54, 1.807) is 37.3 Å². The third-order valence-electron chi connectivity index (χ3n) is 12.0. The molecule has 4 aromatic carbocycles. The number of piperidine rings is 1. The van der Waals surface area contributed by atoms with E-state index >= 15 is 8.78 Å². The fraction of sp³-hybridized carbons (Fsp3) is 0.347. The molecule has 3 aliphatic heterocycles. The Morgan fingerprint density at radius 1 is 1.02 bits per heavy atom. The van der Waals surface area contributed by atoms with Crippen molar-refractivity contribution in [1.82, 2.24) is 20.9 Å². The zero-order chi connectivity index (χ0) is 46.1. The van der Waals surface area contributed by atoms with Gasteiger partial charge in [-0.3, -0.25) is 29.3 Å². The summed E-state index contributed by atoms with van der Waals surface area (Å²) in [5.74, 6) is 1.36. The molecule has 1 unspecified atom stereocenters. The Morgan fingerprint density at radius 2 is 1.78 bits per heavy atom. The molecule has 0 radical (unpaired) electrons. The minimum Gasteiger partial charge on any atom is -0.352 e. The van der Waals surface area contributed by atoms with Crippen LogP contribution in [0.3, 0.4) is 0 Å². The highest BCUT2D eigenvalue weighted by Crippen LogP contribution is 2.53. The predicted octanol–water partition coefficient (Wildman–Crippen LogP) is 7.86. The summed E-state index contributed by atoms with van der Waals surface area (Å²) in [5, 5.41) is 22.5. The highest BCUT2D eigenvalue weighted by Gasteiger charge is 2.61. The first-order valence-corrected chi connectivity index (χ1v) is 21.7. The van der Waals surface area contributed by atoms with Gasteiger partial charge in [0.25, 0.3) is 11.8 Å². The largest absolute Gasteiger partial charge is 0.352 e. The van der Waals surface area contributed by atoms with Gasteiger partial charge in [0, 0.05) is 70.9 Å². The lowest BCUT2D eigenvalue weighted by molar-refractivity contribution is -0.137. The standard InChI is InChI=1S/C49H46Cl2F2N6O5/c1-27-22-29(44(61)55-21-7-5-6-10-28-11-8-12-31-33(28)25-59(47(31)64)38-19-20-40(60)58-45(38)62)15-18-37(27)56-46(63)43-41(32-13-9-14-35(51)42(32)53)49(26-54,39(57-43)24-48(2,3)4)34-17-16-30(50)23-36(34)52/h8-9,11-18,22-23,38-39,41,43,57H,5,7,19-21,24-25H2,1-4H3,(H,55,61)(H,56,63)(H,58,60,62)/t38?,39-,41-,43+,49-/m0/s1. The predicted molar refractivity (Wildman–Crippen MR) is 238 cm³/mol. The molecule has 0 saturated carbocycles. The lowest BCUT2D eigenvalue weighted by atomic mass is 9.62. The number of nitrogens with one attached hydrogen (secondary N) is 4. The van der Waals surface area contributed by atoms with Crippen LogP contribution in [-0.4, -0.2) is 59.1 Å². The van der Waals surface area contributed by atoms with E-state index in [4.69, 9.17) is 23.2 Å². The Hall–Kier alpha value is -6.12. The van der Waals surface area contributed by atoms with Crippen molar-refractivity contribution in [3.05, 3.63) is 133 Å². The van der Waals surface area contributed by atoms with Gasteiger partial charge in [0.05, 0.1) is 17.1 Å². The molecule has 330 valence electrons. The van der Waals surface area contributed by atoms with Crippen LogP contribution < -0.4 is 21.3 Å². The van der Waals surface area contributed by atoms with Crippen LogP contribution in [0.5, 0.6) is 0 Å². The maximum Gasteiger partial charge on any atom is 0.255 e. The van der Waals surface area contributed by atoms with Crippen LogP contribution in [0.25, 0.3) is 0 Å². The maximum atomic E-state index is 16.1. The van der Waals surface area contributed by atoms with Crippen molar-refractivity contribution in [2.24, 2.45) is 5.41 Å². The van der Waals surface area contributed by atoms with Gasteiger partial charge in [-0.2, -0.15) is 5.26 Å². The first-order chi connectivity index (χ1) is 30.4. The van der Waals surface area contributed by atoms with Gasteiger partial charge in [0.2, 0.25) is 17.7 Å². The quantitative estimate of drug-likeness (QED) is 0.0716. The second-order valence-electron chi connectivity index (χ2n) is 17.6. The number of fused-ring (bicyclic) bond motifs is 1. The third kappa shape index (κ3) is 9.12. The van der Waals surface area contributed by atoms with Crippen molar-refractivity contribution in [3.8, 4) is 17.9 Å². The molecule has 11 nitrogen and oxygen atoms in total. The summed E-state index contributed by atoms with van der Waals surface area (Å²) in [5.41, 5.74) is 0.897. The van der Waals surface area contributed by atoms with Gasteiger partial charge in [-0.15, -0.1) is 0 Å². The Morgan fingerprint density at radius 3 is 2.48 bits per heavy atom. The van der Waals surface area contributed by atoms with Crippen LogP contribution >= 0.6 is 23.2 Å². The Kier molecular flexibility index (Phi) is 13.3. The lowest BCUT2D eigenvalue weighted by Gasteiger charge is -2.37. The molecule has 4 N–H and O–H groups in total. The van der Waals surface area contributed by atoms with Crippen LogP contribution in [0, 0.1) is 47.1 Å². The summed E-state index contributed by atoms with van der Waals surface area (Å²) in [6.45, 7) is 8.12. The zero-order valence-corrected chi connectivity index (χ0v) is 37.1. The number of hydrogen-bond donors (Lipinski definition) is 4. The minimum atomic E-state index is -1.79. The summed E-state index contributed by atoms with van der Waals surface area (Å²) in [6.07, 6.45) is 1.72. The number of anilines is 1. The number of nitrogens with zero attached hydrogens (tertiary/aromatic N) is 2. The van der Waals surface area contributed by atoms with Gasteiger partial charge in [-0.1, -0.05) is 80.1 Å². The molecule has 5 amide bonds. The summed E-state index contributed by atoms with van der Waals surface area (Å²) < 4.78 is 32.1. The van der Waals surface area contributed by atoms with Crippen molar-refractivity contribution in [3.63, 3.8) is 0 Å². The minimum absolute atomic E-state index is 0.0272. The Bertz CT molecular complexity index is 2690. The number of carbonyl (C=O) groups excluding carboxylic acids is 5. The average molecular weight is 908 g/mol. The number of benzene rings is 4. The number of halogens is 4. The van der Waals surface area contributed by atoms with E-state index in [1.165, 1.54) is 35.2 Å². The molecular formula is C49H46Cl2F2N6O5. The van der Waals surface area contributed by atoms with E-state index in [-0.39, 0.29) is 58.3 Å². The lowest BCUT2D eigenvalue weighted by Crippen LogP contribution is -2.52. The van der Waals surface area contributed by atoms with E-state index < -0.39 is 58.3 Å². The average Bonchev–Trinajstić information content (AvgIpc) is 3.74. The zero-order valence-electron chi connectivity index (χ0n) is 35.6. The van der Waals surface area contributed by atoms with Gasteiger partial charge in [0.1, 0.15) is 23.1 Å². The third-order valence-corrected chi connectivity index (χ3v) is 12.6. The Balaban J connectivity index is 1.03. The summed E-state index contributed by atoms with van der Waals surface area (Å²) >= 11 is 12.4. The second-order valence-corrected chi connectivity index (χ2v) is 18.4. The molecule has 2 fully saturated rings. The molecular weight excluding hydrogens is 861 g/mol. The molecule has 0 aliphatic carbocycles. The molecule has 3 aliphatic rings. The van der Waals surface area contributed by atoms with Crippen LogP contribution in [-0.2, 0) is 26.3 Å². The fourth-order valence-electron chi connectivity index (χ4n) is 9.05. The highest BCUT2D eigenvalue weighted by molar-refractivity contribution is 6.31. The molecule has 64 heavy (non-hydrogen) atoms. The molecule has 4 aromatic rings. The fourth-order valence-corrected chi connectivity index (χ4v) is 9.39. The van der Waals surface area contributed by atoms with Crippen molar-refractivity contribution in [1.29, 1.82) is 5.26 Å². The van der Waals surface area contributed by atoms with Gasteiger partial charge in [-0.25, -0.2) is 8.78 Å². The van der Waals surface area contributed by atoms with E-state index in [1.807, 2.05) is 26.8 Å². The SMILES string of the molecule is Cc1cc(C(=O)NCCCC#Cc2cccc3c2CN(C2CCC(=O)NC2=O)C3=O)ccc1NC(=O)[C@@H]1N[C@@H](CC(C)(C)C)[C@](C#N)(c2ccc(Cl)cc2F)[C@H]1c1cccc(Cl)c1F. The van der Waals surface area contributed by atoms with Gasteiger partial charge in [-0.05, 0) is 96.8 Å². The number of carbonyl (C=O) groups is 5. The van der Waals surface area contributed by atoms with Crippen LogP contribution in [0.1, 0.15) is 107 Å². The first-order valence-electron chi connectivity index (χ1n) is 21.0. The molecule has 0 spiro atoms. The van der Waals surface area contributed by atoms with Gasteiger partial charge < -0.3 is 20.9 Å². The van der Waals surface area contributed by atoms with E-state index in [0.29, 0.717) is 53.7 Å². The molecule has 2 saturated heterocycles. The summed E-state index contributed by atoms with van der Waals surface area (Å²) in [4.78, 5) is 66.4. The summed E-state index contributed by atoms with van der Waals surface area (Å²) in [6, 6.07) is 17.9. The normalized spacial score (nSPS) is 21.7. The number of unbranched alkanes of at least 4 members (excludes halogenated alkanes) is 1. The number of aryl methyl sites for hydroxylation is 1. The van der Waals surface area contributed by atoms with E-state index in [0.717, 1.165) is 11.6 Å². The number of amides is 5. The Labute approximate surface area is 380 Å². The van der Waals surface area contributed by atoms with E-state index in [2.05, 4.69) is 39.2 Å². The monoisotopic (exact) mass is 906 g/mol. The van der Waals surface area contributed by atoms with E-state index in [9.17, 15) is 29.2 Å². The maximum absolute atomic E-state index is 16.1. The van der Waals surface area contributed by atoms with Crippen molar-refractivity contribution >= 4 is 58.4 Å². The second kappa shape index (κ2) is 18.5. The number of nitriles is 1. The molecule has 5 atom stereocenters. The highest BCUT2D eigenvalue weighted by atomic mass is 35.5. The number of imide groups is 1. The van der Waals surface area contributed by atoms with Crippen molar-refractivity contribution in [2.45, 2.75) is 95.8 Å². The summed E-state index contributed by atoms with van der Waals surface area (Å²) in [7, 11) is 0. The molecule has 0 bridgehead atoms. The van der Waals surface area contributed by atoms with Gasteiger partial charge >= 0.3 is 0 Å². The smallest absolute Gasteiger partial charge is 0.255 e. The van der Waals surface area contributed by atoms with Crippen LogP contribution in [0.15, 0.2) is 72.8 Å². The number of hydrogen-bond acceptors (Lipinski definition) is 7. The molecule has 0 aromatic heterocycles. The first kappa shape index (κ1) is 45.9. The molecule has 15 heteroatoms. The number of rotatable bonds is 10. The van der Waals surface area contributed by atoms with Crippen molar-refractivity contribution in [2.75, 3.05) is 11.9 Å². The topological polar surface area (TPSA) is 160 Å². The van der Waals surface area contributed by atoms with Crippen molar-refractivity contribution < 1.29 is 32.8 Å². The van der Waals surface area contributed by atoms with Crippen LogP contribution in [0.4, 0.5) is 14.5 Å². The van der Waals surface area contributed by atoms with Crippen LogP contribution in [0.2, 0.25) is 10.0 Å². The van der Waals surface area contributed by atoms with Gasteiger partial charge in [0.15, 0.2) is 0 Å². The molecule has 7 rings (SSSR count).